The number of aliphatic hydroxyl groups is 4. The van der Waals surface area contributed by atoms with Gasteiger partial charge in [-0.05, 0) is 95.5 Å². The van der Waals surface area contributed by atoms with Gasteiger partial charge >= 0.3 is 5.97 Å². The Morgan fingerprint density at radius 1 is 1.02 bits per heavy atom. The summed E-state index contributed by atoms with van der Waals surface area (Å²) in [6, 6.07) is -1.18. The molecule has 0 spiro atoms. The number of ketones is 2. The third-order valence-corrected chi connectivity index (χ3v) is 12.6. The van der Waals surface area contributed by atoms with E-state index in [-0.39, 0.29) is 43.4 Å². The molecule has 4 N–H and O–H groups in total. The molecule has 1 saturated carbocycles. The van der Waals surface area contributed by atoms with Crippen LogP contribution in [0, 0.1) is 29.6 Å². The van der Waals surface area contributed by atoms with Crippen molar-refractivity contribution >= 4 is 23.4 Å². The number of ether oxygens (including phenoxy) is 4. The number of hydrogen-bond donors (Lipinski definition) is 4. The minimum atomic E-state index is -2.51. The van der Waals surface area contributed by atoms with Crippen LogP contribution in [0.15, 0.2) is 36.0 Å². The number of rotatable bonds is 8. The summed E-state index contributed by atoms with van der Waals surface area (Å²) in [6.45, 7) is 13.0. The predicted octanol–water partition coefficient (Wildman–Crippen LogP) is 3.98. The largest absolute Gasteiger partial charge is 0.460 e. The molecule has 1 amide bonds. The smallest absolute Gasteiger partial charge is 0.329 e. The number of fused-ring (bicyclic) bond motifs is 3. The third kappa shape index (κ3) is 10.8. The lowest BCUT2D eigenvalue weighted by molar-refractivity contribution is -0.302. The Bertz CT molecular complexity index is 1460. The maximum Gasteiger partial charge on any atom is 0.329 e. The molecule has 3 fully saturated rings. The normalized spacial score (nSPS) is 39.6. The highest BCUT2D eigenvalue weighted by molar-refractivity contribution is 6.39. The summed E-state index contributed by atoms with van der Waals surface area (Å²) >= 11 is 0. The number of hydrogen-bond acceptors (Lipinski definition) is 12. The van der Waals surface area contributed by atoms with Gasteiger partial charge in [-0.25, -0.2) is 4.79 Å². The zero-order chi connectivity index (χ0) is 41.5. The van der Waals surface area contributed by atoms with E-state index in [1.807, 2.05) is 26.0 Å². The van der Waals surface area contributed by atoms with Gasteiger partial charge in [-0.3, -0.25) is 14.4 Å². The van der Waals surface area contributed by atoms with Crippen LogP contribution in [0.25, 0.3) is 0 Å². The van der Waals surface area contributed by atoms with E-state index in [2.05, 4.69) is 6.58 Å². The molecule has 13 heteroatoms. The zero-order valence-electron chi connectivity index (χ0n) is 34.4. The van der Waals surface area contributed by atoms with E-state index in [0.717, 1.165) is 10.5 Å². The van der Waals surface area contributed by atoms with Crippen molar-refractivity contribution in [2.45, 2.75) is 160 Å². The molecule has 0 aromatic rings. The summed E-state index contributed by atoms with van der Waals surface area (Å²) in [5.74, 6) is -8.05. The number of Topliss-reactive ketones (excluding diaryl/α,β-unsaturated/α-hetero) is 2. The lowest BCUT2D eigenvalue weighted by Gasteiger charge is -2.47. The minimum Gasteiger partial charge on any atom is -0.460 e. The van der Waals surface area contributed by atoms with Gasteiger partial charge in [-0.1, -0.05) is 44.6 Å². The molecule has 3 aliphatic heterocycles. The van der Waals surface area contributed by atoms with Crippen molar-refractivity contribution in [1.82, 2.24) is 4.90 Å². The molecular weight excluding hydrogens is 722 g/mol. The van der Waals surface area contributed by atoms with Crippen molar-refractivity contribution in [2.24, 2.45) is 29.6 Å². The molecule has 1 aliphatic carbocycles. The van der Waals surface area contributed by atoms with Crippen LogP contribution in [0.2, 0.25) is 0 Å². The summed E-state index contributed by atoms with van der Waals surface area (Å²) in [7, 11) is 3.05. The average molecular weight is 790 g/mol. The number of methoxy groups -OCH3 is 2. The van der Waals surface area contributed by atoms with Crippen molar-refractivity contribution in [1.29, 1.82) is 0 Å². The number of allylic oxidation sites excluding steroid dienone is 4. The van der Waals surface area contributed by atoms with Crippen molar-refractivity contribution in [3.8, 4) is 0 Å². The summed E-state index contributed by atoms with van der Waals surface area (Å²) in [6.07, 6.45) is 3.54. The molecule has 14 atom stereocenters. The predicted molar refractivity (Wildman–Crippen MR) is 208 cm³/mol. The van der Waals surface area contributed by atoms with E-state index < -0.39 is 90.0 Å². The SMILES string of the molecule is C=CC[C@@H]1/C=C(\C)CC(C)C[C@H](OC)[C@H]2O[C@@](O)(C(=O)C(=O)N3CCCC[C@H]3C(=O)O[C@@H]([C@@H](C)[C@H](O)/C(C)=C/[C@@H]3CC[C@@H](O)[C@H](O)C3)CC1=O)[C@H](C)C[C@@H]2OC. The van der Waals surface area contributed by atoms with Crippen LogP contribution in [0.1, 0.15) is 105 Å². The van der Waals surface area contributed by atoms with Gasteiger partial charge < -0.3 is 44.3 Å². The number of nitrogens with zero attached hydrogens (tertiary/aromatic N) is 1. The van der Waals surface area contributed by atoms with E-state index in [1.54, 1.807) is 26.8 Å². The Balaban J connectivity index is 1.74. The molecular formula is C43H67NO12. The lowest BCUT2D eigenvalue weighted by atomic mass is 9.81. The topological polar surface area (TPSA) is 189 Å². The highest BCUT2D eigenvalue weighted by atomic mass is 16.7. The maximum atomic E-state index is 14.2. The van der Waals surface area contributed by atoms with E-state index in [0.29, 0.717) is 56.9 Å². The molecule has 316 valence electrons. The first-order valence-electron chi connectivity index (χ1n) is 20.5. The summed E-state index contributed by atoms with van der Waals surface area (Å²) in [5.41, 5.74) is 1.53. The van der Waals surface area contributed by atoms with Crippen molar-refractivity contribution in [2.75, 3.05) is 20.8 Å². The van der Waals surface area contributed by atoms with Gasteiger partial charge in [-0.15, -0.1) is 6.58 Å². The van der Waals surface area contributed by atoms with Crippen molar-refractivity contribution < 1.29 is 58.6 Å². The lowest BCUT2D eigenvalue weighted by Crippen LogP contribution is -2.64. The molecule has 0 radical (unpaired) electrons. The standard InChI is InChI=1S/C43H67NO12/c1-9-12-30-18-24(2)17-25(3)19-36(53-7)39-37(54-8)21-27(5)43(52,56-39)40(49)41(50)44-16-11-10-13-31(44)42(51)55-35(23-33(30)46)28(6)38(48)26(4)20-29-14-15-32(45)34(47)22-29/h9,18,20,25,27-32,34-39,45,47-48,52H,1,10-17,19,21-23H2,2-8H3/b24-18+,26-20+/t25?,27-,28-,29+,30-,31+,32-,34-,35-,36+,37+,38-,39-,43-/m1/s1. The zero-order valence-corrected chi connectivity index (χ0v) is 34.4. The van der Waals surface area contributed by atoms with E-state index >= 15 is 0 Å². The van der Waals surface area contributed by atoms with E-state index in [1.165, 1.54) is 14.2 Å². The second-order valence-electron chi connectivity index (χ2n) is 17.1. The molecule has 0 aromatic heterocycles. The number of piperidine rings is 1. The molecule has 4 rings (SSSR count). The highest BCUT2D eigenvalue weighted by Gasteiger charge is 2.56. The van der Waals surface area contributed by atoms with Crippen LogP contribution in [0.3, 0.4) is 0 Å². The first-order valence-corrected chi connectivity index (χ1v) is 20.5. The number of carbonyl (C=O) groups excluding carboxylic acids is 4. The van der Waals surface area contributed by atoms with Crippen LogP contribution in [0.4, 0.5) is 0 Å². The summed E-state index contributed by atoms with van der Waals surface area (Å²) in [5, 5.41) is 43.9. The number of carbonyl (C=O) groups is 4. The van der Waals surface area contributed by atoms with E-state index in [4.69, 9.17) is 18.9 Å². The highest BCUT2D eigenvalue weighted by Crippen LogP contribution is 2.39. The van der Waals surface area contributed by atoms with Crippen LogP contribution >= 0.6 is 0 Å². The monoisotopic (exact) mass is 789 g/mol. The third-order valence-electron chi connectivity index (χ3n) is 12.6. The average Bonchev–Trinajstić information content (AvgIpc) is 3.17. The number of aliphatic hydroxyl groups excluding tert-OH is 3. The molecule has 13 nitrogen and oxygen atoms in total. The van der Waals surface area contributed by atoms with Gasteiger partial charge in [-0.2, -0.15) is 0 Å². The van der Waals surface area contributed by atoms with Crippen LogP contribution in [-0.4, -0.2) is 124 Å². The first-order chi connectivity index (χ1) is 26.4. The molecule has 1 unspecified atom stereocenters. The van der Waals surface area contributed by atoms with Gasteiger partial charge in [0, 0.05) is 44.9 Å². The molecule has 2 saturated heterocycles. The van der Waals surface area contributed by atoms with Crippen LogP contribution < -0.4 is 0 Å². The van der Waals surface area contributed by atoms with E-state index in [9.17, 15) is 39.6 Å². The van der Waals surface area contributed by atoms with Gasteiger partial charge in [0.05, 0.1) is 30.5 Å². The molecule has 2 bridgehead atoms. The summed E-state index contributed by atoms with van der Waals surface area (Å²) < 4.78 is 24.0. The molecule has 56 heavy (non-hydrogen) atoms. The van der Waals surface area contributed by atoms with Gasteiger partial charge in [0.1, 0.15) is 24.0 Å². The Morgan fingerprint density at radius 2 is 1.70 bits per heavy atom. The Morgan fingerprint density at radius 3 is 2.34 bits per heavy atom. The molecule has 0 aromatic carbocycles. The van der Waals surface area contributed by atoms with Gasteiger partial charge in [0.25, 0.3) is 11.7 Å². The fraction of sp³-hybridized carbons (Fsp3) is 0.767. The van der Waals surface area contributed by atoms with Gasteiger partial charge in [0.15, 0.2) is 0 Å². The van der Waals surface area contributed by atoms with Crippen molar-refractivity contribution in [3.63, 3.8) is 0 Å². The van der Waals surface area contributed by atoms with Crippen molar-refractivity contribution in [3.05, 3.63) is 36.0 Å². The van der Waals surface area contributed by atoms with Gasteiger partial charge in [0.2, 0.25) is 5.79 Å². The van der Waals surface area contributed by atoms with Crippen LogP contribution in [0.5, 0.6) is 0 Å². The minimum absolute atomic E-state index is 0.00457. The molecule has 3 heterocycles. The second kappa shape index (κ2) is 20.3. The second-order valence-corrected chi connectivity index (χ2v) is 17.1. The molecule has 4 aliphatic rings. The maximum absolute atomic E-state index is 14.2. The Hall–Kier alpha value is -2.78. The Labute approximate surface area is 332 Å². The number of amides is 1. The first kappa shape index (κ1) is 45.9. The fourth-order valence-corrected chi connectivity index (χ4v) is 9.16. The Kier molecular flexibility index (Phi) is 16.6. The summed E-state index contributed by atoms with van der Waals surface area (Å²) in [4.78, 5) is 57.8. The number of cyclic esters (lactones) is 1. The van der Waals surface area contributed by atoms with Crippen LogP contribution in [-0.2, 0) is 38.1 Å². The number of esters is 1. The quantitative estimate of drug-likeness (QED) is 0.158. The fourth-order valence-electron chi connectivity index (χ4n) is 9.16.